The Bertz CT molecular complexity index is 584. The number of carbonyl (C=O) groups is 1. The highest BCUT2D eigenvalue weighted by molar-refractivity contribution is 5.90. The van der Waals surface area contributed by atoms with E-state index in [1.54, 1.807) is 23.2 Å². The fraction of sp³-hybridized carbons (Fsp3) is 0.625. The maximum absolute atomic E-state index is 12.7. The van der Waals surface area contributed by atoms with E-state index < -0.39 is 11.2 Å². The van der Waals surface area contributed by atoms with Gasteiger partial charge in [0.15, 0.2) is 0 Å². The minimum absolute atomic E-state index is 0.182. The predicted molar refractivity (Wildman–Crippen MR) is 84.7 cm³/mol. The van der Waals surface area contributed by atoms with Crippen molar-refractivity contribution in [1.29, 1.82) is 0 Å². The highest BCUT2D eigenvalue weighted by Crippen LogP contribution is 2.35. The number of urea groups is 1. The summed E-state index contributed by atoms with van der Waals surface area (Å²) in [6, 6.07) is 3.34. The maximum atomic E-state index is 12.7. The number of pyridine rings is 1. The van der Waals surface area contributed by atoms with Gasteiger partial charge in [-0.2, -0.15) is 0 Å². The van der Waals surface area contributed by atoms with Crippen molar-refractivity contribution < 1.29 is 19.0 Å². The van der Waals surface area contributed by atoms with Crippen molar-refractivity contribution in [1.82, 2.24) is 9.88 Å². The molecule has 2 aliphatic rings. The molecule has 7 heteroatoms. The number of ether oxygens (including phenoxy) is 3. The third-order valence-electron chi connectivity index (χ3n) is 4.10. The minimum atomic E-state index is -0.414. The van der Waals surface area contributed by atoms with Crippen LogP contribution in [0.2, 0.25) is 0 Å². The molecular formula is C16H23N3O4. The van der Waals surface area contributed by atoms with Crippen LogP contribution in [-0.2, 0) is 9.47 Å². The Balaban J connectivity index is 1.76. The van der Waals surface area contributed by atoms with Crippen molar-refractivity contribution in [3.05, 3.63) is 18.3 Å². The largest absolute Gasteiger partial charge is 0.480 e. The van der Waals surface area contributed by atoms with E-state index in [9.17, 15) is 4.79 Å². The van der Waals surface area contributed by atoms with Gasteiger partial charge < -0.3 is 24.4 Å². The smallest absolute Gasteiger partial charge is 0.322 e. The fourth-order valence-corrected chi connectivity index (χ4v) is 3.29. The minimum Gasteiger partial charge on any atom is -0.480 e. The van der Waals surface area contributed by atoms with Gasteiger partial charge in [-0.15, -0.1) is 0 Å². The molecule has 0 saturated carbocycles. The third-order valence-corrected chi connectivity index (χ3v) is 4.10. The Morgan fingerprint density at radius 1 is 1.43 bits per heavy atom. The molecule has 3 rings (SSSR count). The first-order valence-electron chi connectivity index (χ1n) is 7.76. The molecule has 2 fully saturated rings. The number of rotatable bonds is 2. The van der Waals surface area contributed by atoms with Gasteiger partial charge in [0.2, 0.25) is 5.88 Å². The van der Waals surface area contributed by atoms with E-state index in [2.05, 4.69) is 10.3 Å². The molecule has 23 heavy (non-hydrogen) atoms. The molecule has 7 nitrogen and oxygen atoms in total. The summed E-state index contributed by atoms with van der Waals surface area (Å²) in [7, 11) is 1.53. The van der Waals surface area contributed by atoms with E-state index in [1.165, 1.54) is 7.11 Å². The van der Waals surface area contributed by atoms with E-state index in [-0.39, 0.29) is 6.03 Å². The van der Waals surface area contributed by atoms with Crippen LogP contribution in [0, 0.1) is 0 Å². The molecule has 3 heterocycles. The summed E-state index contributed by atoms with van der Waals surface area (Å²) >= 11 is 0. The molecule has 0 bridgehead atoms. The van der Waals surface area contributed by atoms with Crippen molar-refractivity contribution in [2.45, 2.75) is 31.5 Å². The standard InChI is InChI=1S/C16H23N3O4/c1-15(2)9-19(10-16(23-15)6-8-22-11-16)14(20)18-12-5-4-7-17-13(12)21-3/h4-5,7H,6,8-11H2,1-3H3,(H,18,20). The number of methoxy groups -OCH3 is 1. The molecular weight excluding hydrogens is 298 g/mol. The Morgan fingerprint density at radius 3 is 2.96 bits per heavy atom. The highest BCUT2D eigenvalue weighted by Gasteiger charge is 2.48. The molecule has 2 aliphatic heterocycles. The summed E-state index contributed by atoms with van der Waals surface area (Å²) in [5.41, 5.74) is -0.263. The molecule has 1 spiro atoms. The second-order valence-electron chi connectivity index (χ2n) is 6.69. The van der Waals surface area contributed by atoms with Crippen molar-refractivity contribution in [2.24, 2.45) is 0 Å². The molecule has 1 atom stereocenters. The molecule has 0 radical (unpaired) electrons. The average molecular weight is 321 g/mol. The molecule has 0 aliphatic carbocycles. The number of aromatic nitrogens is 1. The van der Waals surface area contributed by atoms with Crippen LogP contribution in [-0.4, -0.2) is 60.5 Å². The molecule has 1 unspecified atom stereocenters. The lowest BCUT2D eigenvalue weighted by Gasteiger charge is -2.47. The normalized spacial score (nSPS) is 26.3. The Labute approximate surface area is 135 Å². The zero-order chi connectivity index (χ0) is 16.5. The lowest BCUT2D eigenvalue weighted by Crippen LogP contribution is -2.62. The first-order valence-corrected chi connectivity index (χ1v) is 7.76. The van der Waals surface area contributed by atoms with Gasteiger partial charge in [-0.1, -0.05) is 0 Å². The molecule has 1 aromatic rings. The summed E-state index contributed by atoms with van der Waals surface area (Å²) in [4.78, 5) is 18.6. The van der Waals surface area contributed by atoms with Crippen LogP contribution >= 0.6 is 0 Å². The Hall–Kier alpha value is -1.86. The molecule has 1 N–H and O–H groups in total. The van der Waals surface area contributed by atoms with Crippen molar-refractivity contribution in [2.75, 3.05) is 38.7 Å². The Morgan fingerprint density at radius 2 is 2.26 bits per heavy atom. The van der Waals surface area contributed by atoms with E-state index in [1.807, 2.05) is 13.8 Å². The summed E-state index contributed by atoms with van der Waals surface area (Å²) < 4.78 is 16.9. The fourth-order valence-electron chi connectivity index (χ4n) is 3.29. The second-order valence-corrected chi connectivity index (χ2v) is 6.69. The zero-order valence-electron chi connectivity index (χ0n) is 13.8. The topological polar surface area (TPSA) is 72.9 Å². The number of carbonyl (C=O) groups excluding carboxylic acids is 1. The molecule has 2 amide bonds. The van der Waals surface area contributed by atoms with E-state index in [0.717, 1.165) is 6.42 Å². The van der Waals surface area contributed by atoms with Crippen molar-refractivity contribution in [3.8, 4) is 5.88 Å². The van der Waals surface area contributed by atoms with Gasteiger partial charge in [-0.3, -0.25) is 0 Å². The van der Waals surface area contributed by atoms with Gasteiger partial charge in [0.25, 0.3) is 0 Å². The van der Waals surface area contributed by atoms with E-state index in [4.69, 9.17) is 14.2 Å². The zero-order valence-corrected chi connectivity index (χ0v) is 13.8. The highest BCUT2D eigenvalue weighted by atomic mass is 16.6. The van der Waals surface area contributed by atoms with Gasteiger partial charge in [0.05, 0.1) is 32.4 Å². The van der Waals surface area contributed by atoms with Crippen LogP contribution in [0.1, 0.15) is 20.3 Å². The molecule has 126 valence electrons. The number of morpholine rings is 1. The molecule has 0 aromatic carbocycles. The Kier molecular flexibility index (Phi) is 4.16. The maximum Gasteiger partial charge on any atom is 0.322 e. The van der Waals surface area contributed by atoms with Crippen LogP contribution in [0.4, 0.5) is 10.5 Å². The SMILES string of the molecule is COc1ncccc1NC(=O)N1CC(C)(C)OC2(CCOC2)C1. The van der Waals surface area contributed by atoms with E-state index in [0.29, 0.717) is 37.9 Å². The van der Waals surface area contributed by atoms with Crippen molar-refractivity contribution >= 4 is 11.7 Å². The van der Waals surface area contributed by atoms with E-state index >= 15 is 0 Å². The summed E-state index contributed by atoms with van der Waals surface area (Å²) in [6.07, 6.45) is 2.42. The summed E-state index contributed by atoms with van der Waals surface area (Å²) in [5, 5.41) is 2.88. The number of nitrogens with zero attached hydrogens (tertiary/aromatic N) is 2. The predicted octanol–water partition coefficient (Wildman–Crippen LogP) is 1.89. The van der Waals surface area contributed by atoms with Crippen LogP contribution in [0.25, 0.3) is 0 Å². The van der Waals surface area contributed by atoms with Gasteiger partial charge in [0, 0.05) is 19.2 Å². The van der Waals surface area contributed by atoms with Gasteiger partial charge >= 0.3 is 6.03 Å². The molecule has 1 aromatic heterocycles. The number of hydrogen-bond acceptors (Lipinski definition) is 5. The lowest BCUT2D eigenvalue weighted by atomic mass is 9.95. The molecule has 2 saturated heterocycles. The third kappa shape index (κ3) is 3.40. The van der Waals surface area contributed by atoms with Crippen molar-refractivity contribution in [3.63, 3.8) is 0 Å². The number of nitrogens with one attached hydrogen (secondary N) is 1. The van der Waals surface area contributed by atoms with Gasteiger partial charge in [-0.25, -0.2) is 9.78 Å². The number of hydrogen-bond donors (Lipinski definition) is 1. The first kappa shape index (κ1) is 16.0. The van der Waals surface area contributed by atoms with Crippen LogP contribution in [0.15, 0.2) is 18.3 Å². The van der Waals surface area contributed by atoms with Gasteiger partial charge in [-0.05, 0) is 26.0 Å². The number of amides is 2. The van der Waals surface area contributed by atoms with Crippen LogP contribution in [0.3, 0.4) is 0 Å². The first-order chi connectivity index (χ1) is 10.9. The average Bonchev–Trinajstić information content (AvgIpc) is 2.93. The summed E-state index contributed by atoms with van der Waals surface area (Å²) in [5.74, 6) is 0.396. The quantitative estimate of drug-likeness (QED) is 0.900. The van der Waals surface area contributed by atoms with Gasteiger partial charge in [0.1, 0.15) is 11.3 Å². The second kappa shape index (κ2) is 5.98. The lowest BCUT2D eigenvalue weighted by molar-refractivity contribution is -0.185. The number of anilines is 1. The van der Waals surface area contributed by atoms with Crippen LogP contribution < -0.4 is 10.1 Å². The summed E-state index contributed by atoms with van der Waals surface area (Å²) in [6.45, 7) is 6.22. The monoisotopic (exact) mass is 321 g/mol. The van der Waals surface area contributed by atoms with Crippen LogP contribution in [0.5, 0.6) is 5.88 Å².